The number of rotatable bonds is 17. The zero-order valence-electron chi connectivity index (χ0n) is 85.3. The van der Waals surface area contributed by atoms with Crippen molar-refractivity contribution in [2.24, 2.45) is 0 Å². The summed E-state index contributed by atoms with van der Waals surface area (Å²) in [5.74, 6) is 6.43. The van der Waals surface area contributed by atoms with Crippen LogP contribution < -0.4 is 10.6 Å². The maximum absolute atomic E-state index is 11.7. The number of morpholine rings is 1. The van der Waals surface area contributed by atoms with Crippen molar-refractivity contribution in [1.29, 1.82) is 0 Å². The van der Waals surface area contributed by atoms with E-state index >= 15 is 0 Å². The second kappa shape index (κ2) is 52.4. The van der Waals surface area contributed by atoms with Gasteiger partial charge in [0, 0.05) is 193 Å². The minimum absolute atomic E-state index is 0.245. The summed E-state index contributed by atoms with van der Waals surface area (Å²) in [4.78, 5) is 83.6. The fraction of sp³-hybridized carbons (Fsp3) is 0.613. The van der Waals surface area contributed by atoms with Gasteiger partial charge in [-0.15, -0.1) is 0 Å². The zero-order valence-corrected chi connectivity index (χ0v) is 85.3. The number of likely N-dealkylation sites (tertiary alicyclic amines) is 5. The molecule has 8 saturated heterocycles. The van der Waals surface area contributed by atoms with Gasteiger partial charge in [0.1, 0.15) is 0 Å². The Hall–Kier alpha value is -8.67. The van der Waals surface area contributed by atoms with E-state index < -0.39 is 5.60 Å². The minimum atomic E-state index is -0.672. The highest BCUT2D eigenvalue weighted by Crippen LogP contribution is 2.39. The summed E-state index contributed by atoms with van der Waals surface area (Å²) >= 11 is 0. The van der Waals surface area contributed by atoms with Crippen LogP contribution in [0.15, 0.2) is 147 Å². The van der Waals surface area contributed by atoms with Gasteiger partial charge in [-0.25, -0.2) is 0 Å². The molecule has 1 unspecified atom stereocenters. The van der Waals surface area contributed by atoms with E-state index in [1.54, 1.807) is 0 Å². The van der Waals surface area contributed by atoms with E-state index in [4.69, 9.17) is 4.74 Å². The number of carbonyl (C=O) groups excluding carboxylic acids is 3. The Balaban J connectivity index is 0.000000170. The SMILES string of the molecule is CC(C)c1ccc(C2(C)CCN(C)CC2)cn1.CC(C)c1ccc(C2(C)CCNCC2)cn1.CC(C)c1ccc(C2(O)CCN(C)CC2)cn1.CC(C)c1ccc(C2CCN(C)C(=O)C2)cn1.CC(C)c1ccc(C2CCNCC2)cn1.CC(C)c1ccc(CN2CCOCC2)cn1.CC(C)c1ccc([C@@H]2CCN(C)C(=O)C2)cn1.CC(C)c1ccc([C@H]2CCN(C)C(=O)C2)cn1. The summed E-state index contributed by atoms with van der Waals surface area (Å²) in [5.41, 5.74) is 19.3. The molecule has 3 N–H and O–H groups in total. The minimum Gasteiger partial charge on any atom is -0.385 e. The van der Waals surface area contributed by atoms with Gasteiger partial charge in [0.15, 0.2) is 0 Å². The van der Waals surface area contributed by atoms with Gasteiger partial charge < -0.3 is 45.0 Å². The van der Waals surface area contributed by atoms with Crippen molar-refractivity contribution in [3.63, 3.8) is 0 Å². The first-order chi connectivity index (χ1) is 62.9. The van der Waals surface area contributed by atoms with E-state index in [0.717, 1.165) is 158 Å². The molecule has 0 bridgehead atoms. The van der Waals surface area contributed by atoms with Crippen molar-refractivity contribution < 1.29 is 24.2 Å². The smallest absolute Gasteiger partial charge is 0.222 e. The molecule has 3 amide bonds. The Kier molecular flexibility index (Phi) is 42.5. The Bertz CT molecular complexity index is 4380. The standard InChI is InChI=1S/C15H24N2.C14H22N2O.3C14H20N2O.C14H22N2.C13H20N2O.C13H20N2/c1-12(2)14-6-5-13(11-16-14)15(3)7-9-17(4)10-8-15;1-11(2)13-5-4-12(10-15-13)14(17)6-8-16(3)9-7-14;3*1-10(2)13-5-4-12(9-15-13)11-6-7-16(3)14(17)8-11;1-11(2)13-5-4-12(10-16-13)14(3)6-8-15-9-7-14;1-11(2)13-4-3-12(9-14-13)10-15-5-7-16-8-6-15;1-10(2)13-4-3-12(9-15-13)11-5-7-14-8-6-11/h5-6,11-12H,7-10H2,1-4H3;4-5,10-11,17H,6-9H2,1-3H3;3*4-5,9-11H,6-8H2,1-3H3;4-5,10-11,15H,6-9H2,1-3H3;3-4,9,11H,5-8,10H2,1-2H3;3-4,9-11,14H,5-8H2,1-2H3/t;;2*11-;;;;/m..10..../s1. The number of carbonyl (C=O) groups is 3. The van der Waals surface area contributed by atoms with Crippen molar-refractivity contribution in [2.75, 3.05) is 134 Å². The molecule has 8 aliphatic rings. The lowest BCUT2D eigenvalue weighted by Crippen LogP contribution is -2.40. The third kappa shape index (κ3) is 33.1. The second-order valence-corrected chi connectivity index (χ2v) is 41.7. The third-order valence-electron chi connectivity index (χ3n) is 28.4. The number of nitrogens with zero attached hydrogens (tertiary/aromatic N) is 14. The molecule has 0 spiro atoms. The fourth-order valence-corrected chi connectivity index (χ4v) is 17.9. The number of amides is 3. The summed E-state index contributed by atoms with van der Waals surface area (Å²) < 4.78 is 5.33. The van der Waals surface area contributed by atoms with Gasteiger partial charge in [-0.2, -0.15) is 0 Å². The Morgan fingerprint density at radius 3 is 0.894 bits per heavy atom. The van der Waals surface area contributed by atoms with Gasteiger partial charge >= 0.3 is 0 Å². The number of piperidine rings is 7. The molecular weight excluding hydrogens is 1640 g/mol. The Labute approximate surface area is 796 Å². The van der Waals surface area contributed by atoms with Crippen LogP contribution in [0.2, 0.25) is 0 Å². The molecule has 0 saturated carbocycles. The van der Waals surface area contributed by atoms with E-state index in [1.807, 2.05) is 79.0 Å². The number of aromatic nitrogens is 8. The average molecular weight is 1810 g/mol. The van der Waals surface area contributed by atoms with Gasteiger partial charge in [0.05, 0.1) is 18.8 Å². The van der Waals surface area contributed by atoms with Crippen molar-refractivity contribution in [1.82, 2.24) is 79.9 Å². The molecule has 16 rings (SSSR count). The first-order valence-electron chi connectivity index (χ1n) is 50.1. The van der Waals surface area contributed by atoms with Crippen LogP contribution in [0.3, 0.4) is 0 Å². The topological polar surface area (TPSA) is 227 Å². The van der Waals surface area contributed by atoms with Gasteiger partial charge in [0.2, 0.25) is 17.7 Å². The molecule has 3 atom stereocenters. The summed E-state index contributed by atoms with van der Waals surface area (Å²) in [6, 6.07) is 34.4. The second-order valence-electron chi connectivity index (χ2n) is 41.7. The van der Waals surface area contributed by atoms with Gasteiger partial charge in [-0.3, -0.25) is 59.2 Å². The predicted molar refractivity (Wildman–Crippen MR) is 541 cm³/mol. The summed E-state index contributed by atoms with van der Waals surface area (Å²) in [5, 5.41) is 17.4. The molecular formula is C111H168N16O5. The molecule has 0 radical (unpaired) electrons. The molecule has 21 nitrogen and oxygen atoms in total. The van der Waals surface area contributed by atoms with Crippen LogP contribution in [0.5, 0.6) is 0 Å². The van der Waals surface area contributed by atoms with Crippen molar-refractivity contribution in [3.8, 4) is 0 Å². The highest BCUT2D eigenvalue weighted by atomic mass is 16.5. The zero-order chi connectivity index (χ0) is 95.8. The molecule has 21 heteroatoms. The largest absolute Gasteiger partial charge is 0.385 e. The van der Waals surface area contributed by atoms with Gasteiger partial charge in [-0.05, 0) is 293 Å². The quantitative estimate of drug-likeness (QED) is 0.0770. The number of hydrogen-bond donors (Lipinski definition) is 3. The molecule has 722 valence electrons. The summed E-state index contributed by atoms with van der Waals surface area (Å²) in [6.45, 7) is 55.5. The highest BCUT2D eigenvalue weighted by molar-refractivity contribution is 5.78. The molecule has 8 aliphatic heterocycles. The van der Waals surface area contributed by atoms with E-state index in [2.05, 4.69) is 307 Å². The summed E-state index contributed by atoms with van der Waals surface area (Å²) in [6.07, 6.45) is 30.0. The van der Waals surface area contributed by atoms with Gasteiger partial charge in [0.25, 0.3) is 0 Å². The van der Waals surface area contributed by atoms with Crippen LogP contribution in [0.25, 0.3) is 0 Å². The fourth-order valence-electron chi connectivity index (χ4n) is 17.9. The summed E-state index contributed by atoms with van der Waals surface area (Å²) in [7, 11) is 9.93. The normalized spacial score (nSPS) is 20.2. The van der Waals surface area contributed by atoms with Crippen LogP contribution in [0, 0.1) is 0 Å². The lowest BCUT2D eigenvalue weighted by molar-refractivity contribution is -0.133. The number of pyridine rings is 8. The van der Waals surface area contributed by atoms with Crippen LogP contribution >= 0.6 is 0 Å². The first-order valence-corrected chi connectivity index (χ1v) is 50.1. The number of aliphatic hydroxyl groups is 1. The lowest BCUT2D eigenvalue weighted by atomic mass is 9.75. The number of nitrogens with one attached hydrogen (secondary N) is 2. The maximum Gasteiger partial charge on any atom is 0.222 e. The van der Waals surface area contributed by atoms with E-state index in [-0.39, 0.29) is 17.7 Å². The number of ether oxygens (including phenoxy) is 1. The van der Waals surface area contributed by atoms with Crippen LogP contribution in [0.4, 0.5) is 0 Å². The molecule has 8 fully saturated rings. The van der Waals surface area contributed by atoms with Crippen LogP contribution in [-0.2, 0) is 42.1 Å². The molecule has 0 aromatic carbocycles. The highest BCUT2D eigenvalue weighted by Gasteiger charge is 2.36. The number of hydrogen-bond acceptors (Lipinski definition) is 18. The first kappa shape index (κ1) is 107. The van der Waals surface area contributed by atoms with Crippen molar-refractivity contribution >= 4 is 17.7 Å². The van der Waals surface area contributed by atoms with Crippen LogP contribution in [-0.4, -0.2) is 226 Å². The molecule has 0 aliphatic carbocycles. The molecule has 132 heavy (non-hydrogen) atoms. The Morgan fingerprint density at radius 2 is 0.606 bits per heavy atom. The monoisotopic (exact) mass is 1810 g/mol. The lowest BCUT2D eigenvalue weighted by Gasteiger charge is -2.38. The average Bonchev–Trinajstić information content (AvgIpc) is 0.812. The third-order valence-corrected chi connectivity index (χ3v) is 28.4. The molecule has 8 aromatic heterocycles. The van der Waals surface area contributed by atoms with E-state index in [9.17, 15) is 19.5 Å². The van der Waals surface area contributed by atoms with Crippen LogP contribution in [0.1, 0.15) is 376 Å². The van der Waals surface area contributed by atoms with Gasteiger partial charge in [-0.1, -0.05) is 173 Å². The van der Waals surface area contributed by atoms with Crippen molar-refractivity contribution in [2.45, 2.75) is 309 Å². The molecule has 16 heterocycles. The van der Waals surface area contributed by atoms with E-state index in [0.29, 0.717) is 95.2 Å². The maximum atomic E-state index is 11.7. The van der Waals surface area contributed by atoms with E-state index in [1.165, 1.54) is 113 Å². The molecule has 8 aromatic rings. The Morgan fingerprint density at radius 1 is 0.326 bits per heavy atom. The van der Waals surface area contributed by atoms with Crippen molar-refractivity contribution in [3.05, 3.63) is 237 Å². The predicted octanol–water partition coefficient (Wildman–Crippen LogP) is 20.5.